The van der Waals surface area contributed by atoms with Crippen LogP contribution in [-0.2, 0) is 6.54 Å². The molecule has 2 nitrogen and oxygen atoms in total. The van der Waals surface area contributed by atoms with E-state index in [0.29, 0.717) is 18.2 Å². The SMILES string of the molecule is CNCc1cc(Cl)ccc1OCC#Cc1ccccc1. The summed E-state index contributed by atoms with van der Waals surface area (Å²) in [4.78, 5) is 0. The predicted molar refractivity (Wildman–Crippen MR) is 83.0 cm³/mol. The molecule has 0 saturated heterocycles. The lowest BCUT2D eigenvalue weighted by Gasteiger charge is -2.09. The summed E-state index contributed by atoms with van der Waals surface area (Å²) in [5, 5.41) is 3.80. The van der Waals surface area contributed by atoms with E-state index in [2.05, 4.69) is 17.2 Å². The van der Waals surface area contributed by atoms with Gasteiger partial charge in [0.2, 0.25) is 0 Å². The van der Waals surface area contributed by atoms with Crippen molar-refractivity contribution < 1.29 is 4.74 Å². The van der Waals surface area contributed by atoms with Crippen molar-refractivity contribution in [3.05, 3.63) is 64.7 Å². The van der Waals surface area contributed by atoms with E-state index >= 15 is 0 Å². The van der Waals surface area contributed by atoms with Gasteiger partial charge in [-0.3, -0.25) is 0 Å². The third-order valence-corrected chi connectivity index (χ3v) is 2.93. The Hall–Kier alpha value is -1.95. The molecule has 0 unspecified atom stereocenters. The lowest BCUT2D eigenvalue weighted by Crippen LogP contribution is -2.07. The maximum Gasteiger partial charge on any atom is 0.149 e. The second-order valence-electron chi connectivity index (χ2n) is 4.24. The average Bonchev–Trinajstić information content (AvgIpc) is 2.47. The van der Waals surface area contributed by atoms with Crippen LogP contribution in [0.4, 0.5) is 0 Å². The molecule has 0 heterocycles. The first-order valence-corrected chi connectivity index (χ1v) is 6.77. The van der Waals surface area contributed by atoms with Crippen LogP contribution in [-0.4, -0.2) is 13.7 Å². The Labute approximate surface area is 124 Å². The summed E-state index contributed by atoms with van der Waals surface area (Å²) < 4.78 is 5.69. The molecule has 0 aliphatic heterocycles. The zero-order valence-electron chi connectivity index (χ0n) is 11.3. The summed E-state index contributed by atoms with van der Waals surface area (Å²) in [5.41, 5.74) is 2.02. The molecule has 0 spiro atoms. The van der Waals surface area contributed by atoms with Crippen molar-refractivity contribution in [2.24, 2.45) is 0 Å². The van der Waals surface area contributed by atoms with Crippen molar-refractivity contribution in [1.29, 1.82) is 0 Å². The zero-order chi connectivity index (χ0) is 14.2. The van der Waals surface area contributed by atoms with Gasteiger partial charge >= 0.3 is 0 Å². The van der Waals surface area contributed by atoms with Gasteiger partial charge in [0.15, 0.2) is 0 Å². The molecule has 0 bridgehead atoms. The molecule has 0 aromatic heterocycles. The van der Waals surface area contributed by atoms with Crippen molar-refractivity contribution in [2.75, 3.05) is 13.7 Å². The number of hydrogen-bond acceptors (Lipinski definition) is 2. The van der Waals surface area contributed by atoms with Gasteiger partial charge < -0.3 is 10.1 Å². The van der Waals surface area contributed by atoms with Crippen molar-refractivity contribution in [1.82, 2.24) is 5.32 Å². The molecule has 2 aromatic rings. The molecule has 0 radical (unpaired) electrons. The number of ether oxygens (including phenoxy) is 1. The minimum atomic E-state index is 0.354. The van der Waals surface area contributed by atoms with E-state index in [4.69, 9.17) is 16.3 Å². The van der Waals surface area contributed by atoms with Crippen LogP contribution in [0.2, 0.25) is 5.02 Å². The molecule has 2 aromatic carbocycles. The smallest absolute Gasteiger partial charge is 0.149 e. The highest BCUT2D eigenvalue weighted by Gasteiger charge is 2.03. The summed E-state index contributed by atoms with van der Waals surface area (Å²) in [7, 11) is 1.89. The van der Waals surface area contributed by atoms with Crippen LogP contribution in [0.25, 0.3) is 0 Å². The monoisotopic (exact) mass is 285 g/mol. The summed E-state index contributed by atoms with van der Waals surface area (Å²) in [6.07, 6.45) is 0. The number of halogens is 1. The lowest BCUT2D eigenvalue weighted by atomic mass is 10.2. The number of nitrogens with one attached hydrogen (secondary N) is 1. The topological polar surface area (TPSA) is 21.3 Å². The van der Waals surface area contributed by atoms with Crippen molar-refractivity contribution in [3.8, 4) is 17.6 Å². The summed E-state index contributed by atoms with van der Waals surface area (Å²) in [5.74, 6) is 6.88. The van der Waals surface area contributed by atoms with Crippen LogP contribution in [0.1, 0.15) is 11.1 Å². The van der Waals surface area contributed by atoms with E-state index in [0.717, 1.165) is 16.9 Å². The summed E-state index contributed by atoms with van der Waals surface area (Å²) in [6.45, 7) is 1.06. The number of hydrogen-bond donors (Lipinski definition) is 1. The molecular formula is C17H16ClNO. The quantitative estimate of drug-likeness (QED) is 0.868. The number of rotatable bonds is 4. The van der Waals surface area contributed by atoms with Crippen molar-refractivity contribution >= 4 is 11.6 Å². The third kappa shape index (κ3) is 4.31. The standard InChI is InChI=1S/C17H16ClNO/c1-19-13-15-12-16(18)9-10-17(15)20-11-5-8-14-6-3-2-4-7-14/h2-4,6-7,9-10,12,19H,11,13H2,1H3. The second-order valence-corrected chi connectivity index (χ2v) is 4.68. The van der Waals surface area contributed by atoms with E-state index in [1.165, 1.54) is 0 Å². The fourth-order valence-corrected chi connectivity index (χ4v) is 1.99. The van der Waals surface area contributed by atoms with Gasteiger partial charge in [-0.2, -0.15) is 0 Å². The van der Waals surface area contributed by atoms with Gasteiger partial charge in [0.25, 0.3) is 0 Å². The van der Waals surface area contributed by atoms with Gasteiger partial charge in [0, 0.05) is 22.7 Å². The maximum atomic E-state index is 5.98. The number of benzene rings is 2. The summed E-state index contributed by atoms with van der Waals surface area (Å²) in [6, 6.07) is 15.4. The van der Waals surface area contributed by atoms with E-state index in [-0.39, 0.29) is 0 Å². The maximum absolute atomic E-state index is 5.98. The van der Waals surface area contributed by atoms with Crippen LogP contribution < -0.4 is 10.1 Å². The Bertz CT molecular complexity index is 614. The van der Waals surface area contributed by atoms with E-state index in [1.54, 1.807) is 0 Å². The van der Waals surface area contributed by atoms with Crippen LogP contribution in [0, 0.1) is 11.8 Å². The second kappa shape index (κ2) is 7.59. The van der Waals surface area contributed by atoms with Crippen LogP contribution >= 0.6 is 11.6 Å². The van der Waals surface area contributed by atoms with Gasteiger partial charge in [-0.1, -0.05) is 41.6 Å². The lowest BCUT2D eigenvalue weighted by molar-refractivity contribution is 0.365. The first-order valence-electron chi connectivity index (χ1n) is 6.39. The average molecular weight is 286 g/mol. The third-order valence-electron chi connectivity index (χ3n) is 2.70. The molecule has 0 amide bonds. The van der Waals surface area contributed by atoms with Crippen LogP contribution in [0.5, 0.6) is 5.75 Å². The molecule has 0 saturated carbocycles. The zero-order valence-corrected chi connectivity index (χ0v) is 12.1. The molecule has 0 atom stereocenters. The predicted octanol–water partition coefficient (Wildman–Crippen LogP) is 3.49. The van der Waals surface area contributed by atoms with Crippen molar-refractivity contribution in [2.45, 2.75) is 6.54 Å². The molecule has 102 valence electrons. The largest absolute Gasteiger partial charge is 0.481 e. The van der Waals surface area contributed by atoms with Gasteiger partial charge in [-0.15, -0.1) is 0 Å². The normalized spacial score (nSPS) is 9.70. The van der Waals surface area contributed by atoms with Gasteiger partial charge in [-0.25, -0.2) is 0 Å². The molecule has 0 fully saturated rings. The van der Waals surface area contributed by atoms with E-state index < -0.39 is 0 Å². The highest BCUT2D eigenvalue weighted by molar-refractivity contribution is 6.30. The van der Waals surface area contributed by atoms with Crippen molar-refractivity contribution in [3.63, 3.8) is 0 Å². The molecule has 0 aliphatic carbocycles. The molecule has 3 heteroatoms. The van der Waals surface area contributed by atoms with E-state index in [9.17, 15) is 0 Å². The molecule has 2 rings (SSSR count). The van der Waals surface area contributed by atoms with Gasteiger partial charge in [-0.05, 0) is 37.4 Å². The van der Waals surface area contributed by atoms with Gasteiger partial charge in [0.1, 0.15) is 12.4 Å². The molecule has 0 aliphatic rings. The first-order chi connectivity index (χ1) is 9.79. The highest BCUT2D eigenvalue weighted by Crippen LogP contribution is 2.22. The summed E-state index contributed by atoms with van der Waals surface area (Å²) >= 11 is 5.98. The Balaban J connectivity index is 1.99. The Kier molecular flexibility index (Phi) is 5.49. The molecule has 1 N–H and O–H groups in total. The Morgan fingerprint density at radius 3 is 2.70 bits per heavy atom. The first kappa shape index (κ1) is 14.5. The molecule has 20 heavy (non-hydrogen) atoms. The molecular weight excluding hydrogens is 270 g/mol. The highest BCUT2D eigenvalue weighted by atomic mass is 35.5. The fourth-order valence-electron chi connectivity index (χ4n) is 1.79. The van der Waals surface area contributed by atoms with Crippen LogP contribution in [0.15, 0.2) is 48.5 Å². The minimum absolute atomic E-state index is 0.354. The van der Waals surface area contributed by atoms with Crippen LogP contribution in [0.3, 0.4) is 0 Å². The van der Waals surface area contributed by atoms with Gasteiger partial charge in [0.05, 0.1) is 0 Å². The van der Waals surface area contributed by atoms with E-state index in [1.807, 2.05) is 55.6 Å². The Morgan fingerprint density at radius 1 is 1.15 bits per heavy atom. The fraction of sp³-hybridized carbons (Fsp3) is 0.176. The Morgan fingerprint density at radius 2 is 1.95 bits per heavy atom. The minimum Gasteiger partial charge on any atom is -0.481 e.